The smallest absolute Gasteiger partial charge is 0.242 e. The molecule has 2 unspecified atom stereocenters. The Bertz CT molecular complexity index is 500. The standard InChI is InChI=1S/C17H34N3O3PS/c1-6-11-24(23,18-8-7-13(2)3)19-9-10-20-16(21)12-15(17(20)22)25-14(4)5/h13-15H,6-12H2,1-5H3,(H2,18,19,23). The molecule has 8 heteroatoms. The lowest BCUT2D eigenvalue weighted by molar-refractivity contribution is -0.138. The van der Waals surface area contributed by atoms with Crippen LogP contribution in [0.5, 0.6) is 0 Å². The van der Waals surface area contributed by atoms with E-state index < -0.39 is 7.44 Å². The van der Waals surface area contributed by atoms with E-state index in [0.717, 1.165) is 12.8 Å². The van der Waals surface area contributed by atoms with Crippen LogP contribution in [0.2, 0.25) is 0 Å². The van der Waals surface area contributed by atoms with Crippen LogP contribution >= 0.6 is 19.2 Å². The van der Waals surface area contributed by atoms with Gasteiger partial charge in [0.25, 0.3) is 0 Å². The largest absolute Gasteiger partial charge is 0.289 e. The lowest BCUT2D eigenvalue weighted by atomic mass is 10.1. The Hall–Kier alpha value is -0.360. The van der Waals surface area contributed by atoms with Gasteiger partial charge in [-0.25, -0.2) is 0 Å². The molecule has 0 aromatic heterocycles. The molecule has 0 aliphatic carbocycles. The fraction of sp³-hybridized carbons (Fsp3) is 0.882. The molecule has 25 heavy (non-hydrogen) atoms. The Labute approximate surface area is 156 Å². The van der Waals surface area contributed by atoms with E-state index in [4.69, 9.17) is 0 Å². The maximum Gasteiger partial charge on any atom is 0.242 e. The minimum atomic E-state index is -2.66. The van der Waals surface area contributed by atoms with Crippen molar-refractivity contribution < 1.29 is 14.2 Å². The van der Waals surface area contributed by atoms with Gasteiger partial charge in [0, 0.05) is 32.2 Å². The number of hydrogen-bond donors (Lipinski definition) is 2. The van der Waals surface area contributed by atoms with Crippen molar-refractivity contribution in [1.82, 2.24) is 15.1 Å². The van der Waals surface area contributed by atoms with Crippen molar-refractivity contribution in [2.75, 3.05) is 25.8 Å². The van der Waals surface area contributed by atoms with Crippen LogP contribution in [-0.4, -0.2) is 53.0 Å². The molecule has 146 valence electrons. The second-order valence-electron chi connectivity index (χ2n) is 7.22. The van der Waals surface area contributed by atoms with Crippen LogP contribution in [0, 0.1) is 5.92 Å². The number of rotatable bonds is 12. The zero-order chi connectivity index (χ0) is 19.0. The predicted octanol–water partition coefficient (Wildman–Crippen LogP) is 3.08. The van der Waals surface area contributed by atoms with Crippen molar-refractivity contribution in [1.29, 1.82) is 0 Å². The Kier molecular flexibility index (Phi) is 9.71. The molecule has 1 aliphatic heterocycles. The van der Waals surface area contributed by atoms with Crippen molar-refractivity contribution in [3.05, 3.63) is 0 Å². The molecule has 0 spiro atoms. The lowest BCUT2D eigenvalue weighted by Gasteiger charge is -2.22. The van der Waals surface area contributed by atoms with Gasteiger partial charge in [0.1, 0.15) is 0 Å². The summed E-state index contributed by atoms with van der Waals surface area (Å²) in [6, 6.07) is 0. The first-order valence-corrected chi connectivity index (χ1v) is 12.1. The summed E-state index contributed by atoms with van der Waals surface area (Å²) in [6.07, 6.45) is 2.62. The third-order valence-corrected chi connectivity index (χ3v) is 7.76. The number of nitrogens with zero attached hydrogens (tertiary/aromatic N) is 1. The number of carbonyl (C=O) groups is 2. The summed E-state index contributed by atoms with van der Waals surface area (Å²) in [6.45, 7) is 11.7. The first-order valence-electron chi connectivity index (χ1n) is 9.27. The fourth-order valence-corrected chi connectivity index (χ4v) is 5.88. The molecule has 0 aromatic rings. The first-order chi connectivity index (χ1) is 11.7. The van der Waals surface area contributed by atoms with E-state index in [1.54, 1.807) is 0 Å². The highest BCUT2D eigenvalue weighted by atomic mass is 32.2. The average molecular weight is 392 g/mol. The van der Waals surface area contributed by atoms with Crippen LogP contribution in [0.4, 0.5) is 0 Å². The SMILES string of the molecule is CCCP(=O)(NCCC(C)C)NCCN1C(=O)CC(SC(C)C)C1=O. The molecule has 1 heterocycles. The number of nitrogens with one attached hydrogen (secondary N) is 2. The summed E-state index contributed by atoms with van der Waals surface area (Å²) < 4.78 is 12.9. The third-order valence-electron chi connectivity index (χ3n) is 3.97. The van der Waals surface area contributed by atoms with E-state index in [1.807, 2.05) is 20.8 Å². The van der Waals surface area contributed by atoms with Crippen LogP contribution in [0.15, 0.2) is 0 Å². The third kappa shape index (κ3) is 7.81. The van der Waals surface area contributed by atoms with E-state index in [-0.39, 0.29) is 30.0 Å². The summed E-state index contributed by atoms with van der Waals surface area (Å²) >= 11 is 1.54. The van der Waals surface area contributed by atoms with Gasteiger partial charge in [-0.1, -0.05) is 34.6 Å². The number of likely N-dealkylation sites (tertiary alicyclic amines) is 1. The highest BCUT2D eigenvalue weighted by Crippen LogP contribution is 2.36. The van der Waals surface area contributed by atoms with Gasteiger partial charge in [-0.2, -0.15) is 0 Å². The van der Waals surface area contributed by atoms with Gasteiger partial charge in [-0.3, -0.25) is 29.2 Å². The molecule has 1 rings (SSSR count). The molecule has 1 aliphatic rings. The van der Waals surface area contributed by atoms with E-state index in [0.29, 0.717) is 30.4 Å². The summed E-state index contributed by atoms with van der Waals surface area (Å²) in [7, 11) is -2.66. The highest BCUT2D eigenvalue weighted by Gasteiger charge is 2.39. The quantitative estimate of drug-likeness (QED) is 0.393. The van der Waals surface area contributed by atoms with Crippen LogP contribution in [0.25, 0.3) is 0 Å². The van der Waals surface area contributed by atoms with Crippen molar-refractivity contribution in [3.8, 4) is 0 Å². The van der Waals surface area contributed by atoms with Crippen molar-refractivity contribution >= 4 is 31.0 Å². The molecule has 0 bridgehead atoms. The minimum Gasteiger partial charge on any atom is -0.289 e. The van der Waals surface area contributed by atoms with Gasteiger partial charge in [0.15, 0.2) is 0 Å². The van der Waals surface area contributed by atoms with Gasteiger partial charge in [-0.15, -0.1) is 11.8 Å². The van der Waals surface area contributed by atoms with Crippen LogP contribution in [0.1, 0.15) is 53.9 Å². The summed E-state index contributed by atoms with van der Waals surface area (Å²) in [5.41, 5.74) is 0. The number of thioether (sulfide) groups is 1. The maximum atomic E-state index is 12.9. The first kappa shape index (κ1) is 22.7. The average Bonchev–Trinajstić information content (AvgIpc) is 2.74. The maximum absolute atomic E-state index is 12.9. The van der Waals surface area contributed by atoms with Crippen LogP contribution in [0.3, 0.4) is 0 Å². The summed E-state index contributed by atoms with van der Waals surface area (Å²) in [4.78, 5) is 25.8. The molecule has 2 atom stereocenters. The molecule has 1 saturated heterocycles. The zero-order valence-electron chi connectivity index (χ0n) is 16.2. The molecular formula is C17H34N3O3PS. The van der Waals surface area contributed by atoms with Crippen molar-refractivity contribution in [2.24, 2.45) is 5.92 Å². The van der Waals surface area contributed by atoms with E-state index in [1.165, 1.54) is 16.7 Å². The zero-order valence-corrected chi connectivity index (χ0v) is 17.9. The monoisotopic (exact) mass is 391 g/mol. The fourth-order valence-electron chi connectivity index (χ4n) is 2.73. The Balaban J connectivity index is 2.50. The minimum absolute atomic E-state index is 0.108. The Morgan fingerprint density at radius 1 is 1.20 bits per heavy atom. The van der Waals surface area contributed by atoms with Gasteiger partial charge < -0.3 is 0 Å². The van der Waals surface area contributed by atoms with E-state index >= 15 is 0 Å². The molecule has 6 nitrogen and oxygen atoms in total. The number of carbonyl (C=O) groups excluding carboxylic acids is 2. The van der Waals surface area contributed by atoms with Crippen LogP contribution < -0.4 is 10.2 Å². The molecule has 2 amide bonds. The normalized spacial score (nSPS) is 20.8. The second kappa shape index (κ2) is 10.7. The topological polar surface area (TPSA) is 78.5 Å². The summed E-state index contributed by atoms with van der Waals surface area (Å²) in [5.74, 6) is 0.324. The van der Waals surface area contributed by atoms with E-state index in [9.17, 15) is 14.2 Å². The predicted molar refractivity (Wildman–Crippen MR) is 106 cm³/mol. The summed E-state index contributed by atoms with van der Waals surface area (Å²) in [5, 5.41) is 6.30. The van der Waals surface area contributed by atoms with Gasteiger partial charge in [0.05, 0.1) is 5.25 Å². The molecule has 0 saturated carbocycles. The number of hydrogen-bond acceptors (Lipinski definition) is 4. The number of amides is 2. The Morgan fingerprint density at radius 2 is 1.84 bits per heavy atom. The van der Waals surface area contributed by atoms with Crippen LogP contribution in [-0.2, 0) is 14.2 Å². The molecule has 0 radical (unpaired) electrons. The van der Waals surface area contributed by atoms with Crippen molar-refractivity contribution in [3.63, 3.8) is 0 Å². The molecular weight excluding hydrogens is 357 g/mol. The highest BCUT2D eigenvalue weighted by molar-refractivity contribution is 8.01. The van der Waals surface area contributed by atoms with Gasteiger partial charge in [0.2, 0.25) is 19.3 Å². The van der Waals surface area contributed by atoms with Crippen molar-refractivity contribution in [2.45, 2.75) is 64.4 Å². The Morgan fingerprint density at radius 3 is 2.40 bits per heavy atom. The number of imide groups is 1. The molecule has 2 N–H and O–H groups in total. The lowest BCUT2D eigenvalue weighted by Crippen LogP contribution is -2.38. The molecule has 1 fully saturated rings. The molecule has 0 aromatic carbocycles. The van der Waals surface area contributed by atoms with Gasteiger partial charge in [-0.05, 0) is 24.0 Å². The second-order valence-corrected chi connectivity index (χ2v) is 11.6. The van der Waals surface area contributed by atoms with Gasteiger partial charge >= 0.3 is 0 Å². The van der Waals surface area contributed by atoms with E-state index in [2.05, 4.69) is 24.0 Å².